The Morgan fingerprint density at radius 3 is 2.47 bits per heavy atom. The average molecular weight is 493 g/mol. The summed E-state index contributed by atoms with van der Waals surface area (Å²) in [6.45, 7) is 3.97. The van der Waals surface area contributed by atoms with E-state index in [0.717, 1.165) is 26.6 Å². The van der Waals surface area contributed by atoms with Gasteiger partial charge in [0.05, 0.1) is 11.8 Å². The van der Waals surface area contributed by atoms with Gasteiger partial charge in [-0.15, -0.1) is 0 Å². The number of urea groups is 1. The fraction of sp³-hybridized carbons (Fsp3) is 0.160. The number of barbiturate groups is 1. The first-order valence-corrected chi connectivity index (χ1v) is 11.0. The molecule has 7 heteroatoms. The Labute approximate surface area is 194 Å². The lowest BCUT2D eigenvalue weighted by molar-refractivity contribution is -0.122. The number of amides is 4. The molecular weight excluding hydrogens is 472 g/mol. The molecule has 1 aliphatic heterocycles. The summed E-state index contributed by atoms with van der Waals surface area (Å²) in [4.78, 5) is 39.4. The van der Waals surface area contributed by atoms with Crippen LogP contribution in [0.5, 0.6) is 5.75 Å². The van der Waals surface area contributed by atoms with Gasteiger partial charge in [0.25, 0.3) is 11.8 Å². The molecule has 1 heterocycles. The van der Waals surface area contributed by atoms with Gasteiger partial charge >= 0.3 is 6.03 Å². The van der Waals surface area contributed by atoms with Crippen molar-refractivity contribution in [3.8, 4) is 5.75 Å². The van der Waals surface area contributed by atoms with Gasteiger partial charge in [0, 0.05) is 10.0 Å². The summed E-state index contributed by atoms with van der Waals surface area (Å²) in [5, 5.41) is 4.06. The smallest absolute Gasteiger partial charge is 0.335 e. The van der Waals surface area contributed by atoms with E-state index in [1.165, 1.54) is 6.08 Å². The van der Waals surface area contributed by atoms with E-state index in [0.29, 0.717) is 17.0 Å². The van der Waals surface area contributed by atoms with E-state index >= 15 is 0 Å². The molecule has 0 bridgehead atoms. The minimum absolute atomic E-state index is 0.0509. The second-order valence-corrected chi connectivity index (χ2v) is 8.39. The highest BCUT2D eigenvalue weighted by Gasteiger charge is 2.37. The number of carbonyl (C=O) groups is 3. The molecular formula is C25H21BrN2O4. The SMILES string of the molecule is CC[C@H](C)Oc1ccc2ccccc2c1/C=C1\C(=O)NC(=O)N(c2ccc(Br)cc2)C1=O. The standard InChI is InChI=1S/C25H21BrN2O4/c1-3-15(2)32-22-13-8-16-6-4-5-7-19(16)20(22)14-21-23(29)27-25(31)28(24(21)30)18-11-9-17(26)10-12-18/h4-15H,3H2,1-2H3,(H,27,29,31)/b21-14+/t15-/m0/s1. The Morgan fingerprint density at radius 1 is 1.03 bits per heavy atom. The molecule has 3 aromatic carbocycles. The van der Waals surface area contributed by atoms with Crippen LogP contribution in [-0.2, 0) is 9.59 Å². The van der Waals surface area contributed by atoms with Crippen LogP contribution in [0.2, 0.25) is 0 Å². The molecule has 0 saturated carbocycles. The van der Waals surface area contributed by atoms with Crippen LogP contribution in [0.4, 0.5) is 10.5 Å². The van der Waals surface area contributed by atoms with Crippen molar-refractivity contribution in [3.63, 3.8) is 0 Å². The predicted molar refractivity (Wildman–Crippen MR) is 127 cm³/mol. The third-order valence-corrected chi connectivity index (χ3v) is 5.84. The first kappa shape index (κ1) is 21.8. The Kier molecular flexibility index (Phi) is 6.10. The first-order valence-electron chi connectivity index (χ1n) is 10.2. The topological polar surface area (TPSA) is 75.7 Å². The lowest BCUT2D eigenvalue weighted by Crippen LogP contribution is -2.54. The monoisotopic (exact) mass is 492 g/mol. The van der Waals surface area contributed by atoms with Gasteiger partial charge in [-0.3, -0.25) is 14.9 Å². The fourth-order valence-electron chi connectivity index (χ4n) is 3.45. The van der Waals surface area contributed by atoms with Gasteiger partial charge in [0.1, 0.15) is 11.3 Å². The molecule has 4 rings (SSSR count). The molecule has 32 heavy (non-hydrogen) atoms. The highest BCUT2D eigenvalue weighted by Crippen LogP contribution is 2.32. The molecule has 1 N–H and O–H groups in total. The molecule has 0 unspecified atom stereocenters. The molecule has 0 spiro atoms. The van der Waals surface area contributed by atoms with Gasteiger partial charge in [0.2, 0.25) is 0 Å². The van der Waals surface area contributed by atoms with Crippen molar-refractivity contribution < 1.29 is 19.1 Å². The van der Waals surface area contributed by atoms with Crippen molar-refractivity contribution in [1.29, 1.82) is 0 Å². The summed E-state index contributed by atoms with van der Waals surface area (Å²) in [6.07, 6.45) is 2.26. The molecule has 0 radical (unpaired) electrons. The zero-order chi connectivity index (χ0) is 22.8. The van der Waals surface area contributed by atoms with Crippen LogP contribution in [0, 0.1) is 0 Å². The number of carbonyl (C=O) groups excluding carboxylic acids is 3. The van der Waals surface area contributed by atoms with Gasteiger partial charge in [-0.2, -0.15) is 0 Å². The zero-order valence-electron chi connectivity index (χ0n) is 17.6. The normalized spacial score (nSPS) is 16.4. The minimum Gasteiger partial charge on any atom is -0.490 e. The summed E-state index contributed by atoms with van der Waals surface area (Å²) in [5.41, 5.74) is 0.841. The van der Waals surface area contributed by atoms with E-state index in [4.69, 9.17) is 4.74 Å². The van der Waals surface area contributed by atoms with E-state index in [-0.39, 0.29) is 11.7 Å². The molecule has 162 valence electrons. The number of imide groups is 2. The summed E-state index contributed by atoms with van der Waals surface area (Å²) < 4.78 is 6.89. The predicted octanol–water partition coefficient (Wildman–Crippen LogP) is 5.45. The molecule has 1 fully saturated rings. The number of anilines is 1. The van der Waals surface area contributed by atoms with Crippen LogP contribution in [0.3, 0.4) is 0 Å². The molecule has 3 aromatic rings. The Bertz CT molecular complexity index is 1250. The van der Waals surface area contributed by atoms with Crippen LogP contribution in [0.25, 0.3) is 16.8 Å². The summed E-state index contributed by atoms with van der Waals surface area (Å²) in [5.74, 6) is -0.863. The van der Waals surface area contributed by atoms with Crippen LogP contribution >= 0.6 is 15.9 Å². The number of halogens is 1. The number of rotatable bonds is 5. The van der Waals surface area contributed by atoms with E-state index in [1.54, 1.807) is 24.3 Å². The molecule has 6 nitrogen and oxygen atoms in total. The second kappa shape index (κ2) is 8.96. The van der Waals surface area contributed by atoms with E-state index in [9.17, 15) is 14.4 Å². The maximum Gasteiger partial charge on any atom is 0.335 e. The lowest BCUT2D eigenvalue weighted by Gasteiger charge is -2.26. The summed E-state index contributed by atoms with van der Waals surface area (Å²) in [6, 6.07) is 17.4. The second-order valence-electron chi connectivity index (χ2n) is 7.47. The number of fused-ring (bicyclic) bond motifs is 1. The fourth-order valence-corrected chi connectivity index (χ4v) is 3.72. The van der Waals surface area contributed by atoms with Crippen molar-refractivity contribution in [2.45, 2.75) is 26.4 Å². The quantitative estimate of drug-likeness (QED) is 0.379. The third-order valence-electron chi connectivity index (χ3n) is 5.31. The molecule has 1 aliphatic rings. The van der Waals surface area contributed by atoms with Crippen molar-refractivity contribution in [2.24, 2.45) is 0 Å². The van der Waals surface area contributed by atoms with Gasteiger partial charge in [-0.1, -0.05) is 53.2 Å². The molecule has 4 amide bonds. The Hall–Kier alpha value is -3.45. The molecule has 0 aromatic heterocycles. The number of nitrogens with one attached hydrogen (secondary N) is 1. The molecule has 1 saturated heterocycles. The zero-order valence-corrected chi connectivity index (χ0v) is 19.2. The first-order chi connectivity index (χ1) is 15.4. The number of nitrogens with zero attached hydrogens (tertiary/aromatic N) is 1. The largest absolute Gasteiger partial charge is 0.490 e. The maximum atomic E-state index is 13.3. The summed E-state index contributed by atoms with van der Waals surface area (Å²) in [7, 11) is 0. The van der Waals surface area contributed by atoms with Gasteiger partial charge in [0.15, 0.2) is 0 Å². The van der Waals surface area contributed by atoms with E-state index in [1.807, 2.05) is 50.2 Å². The van der Waals surface area contributed by atoms with Crippen LogP contribution < -0.4 is 15.0 Å². The van der Waals surface area contributed by atoms with Gasteiger partial charge in [-0.05, 0) is 60.5 Å². The third kappa shape index (κ3) is 4.16. The highest BCUT2D eigenvalue weighted by molar-refractivity contribution is 9.10. The number of ether oxygens (including phenoxy) is 1. The van der Waals surface area contributed by atoms with Gasteiger partial charge < -0.3 is 4.74 Å². The summed E-state index contributed by atoms with van der Waals surface area (Å²) >= 11 is 3.34. The van der Waals surface area contributed by atoms with Crippen molar-refractivity contribution >= 4 is 56.3 Å². The maximum absolute atomic E-state index is 13.3. The lowest BCUT2D eigenvalue weighted by atomic mass is 9.99. The van der Waals surface area contributed by atoms with Crippen LogP contribution in [0.15, 0.2) is 70.7 Å². The van der Waals surface area contributed by atoms with Gasteiger partial charge in [-0.25, -0.2) is 9.69 Å². The number of benzene rings is 3. The van der Waals surface area contributed by atoms with Crippen molar-refractivity contribution in [3.05, 3.63) is 76.3 Å². The average Bonchev–Trinajstić information content (AvgIpc) is 2.78. The van der Waals surface area contributed by atoms with Crippen molar-refractivity contribution in [2.75, 3.05) is 4.90 Å². The molecule has 0 aliphatic carbocycles. The molecule has 1 atom stereocenters. The Balaban J connectivity index is 1.85. The number of hydrogen-bond acceptors (Lipinski definition) is 4. The number of hydrogen-bond donors (Lipinski definition) is 1. The van der Waals surface area contributed by atoms with Crippen LogP contribution in [-0.4, -0.2) is 23.9 Å². The Morgan fingerprint density at radius 2 is 1.75 bits per heavy atom. The minimum atomic E-state index is -0.784. The van der Waals surface area contributed by atoms with E-state index < -0.39 is 17.8 Å². The van der Waals surface area contributed by atoms with E-state index in [2.05, 4.69) is 21.2 Å². The van der Waals surface area contributed by atoms with Crippen LogP contribution in [0.1, 0.15) is 25.8 Å². The highest BCUT2D eigenvalue weighted by atomic mass is 79.9. The van der Waals surface area contributed by atoms with Crippen molar-refractivity contribution in [1.82, 2.24) is 5.32 Å².